The number of fused-ring (bicyclic) bond motifs is 1. The number of H-pyrrole nitrogens is 1. The highest BCUT2D eigenvalue weighted by atomic mass is 35.5. The van der Waals surface area contributed by atoms with Crippen molar-refractivity contribution in [3.63, 3.8) is 0 Å². The second kappa shape index (κ2) is 2.94. The Balaban J connectivity index is 2.60. The molecule has 12 heavy (non-hydrogen) atoms. The van der Waals surface area contributed by atoms with Crippen molar-refractivity contribution in [2.45, 2.75) is 25.7 Å². The van der Waals surface area contributed by atoms with E-state index in [0.29, 0.717) is 5.15 Å². The van der Waals surface area contributed by atoms with Gasteiger partial charge in [-0.2, -0.15) is 0 Å². The van der Waals surface area contributed by atoms with E-state index in [1.807, 2.05) is 0 Å². The summed E-state index contributed by atoms with van der Waals surface area (Å²) in [5, 5.41) is 0.459. The first-order valence-corrected chi connectivity index (χ1v) is 4.56. The molecule has 0 bridgehead atoms. The van der Waals surface area contributed by atoms with E-state index < -0.39 is 0 Å². The number of aryl methyl sites for hydroxylation is 1. The van der Waals surface area contributed by atoms with Crippen LogP contribution in [0, 0.1) is 0 Å². The first kappa shape index (κ1) is 7.87. The van der Waals surface area contributed by atoms with Gasteiger partial charge in [-0.1, -0.05) is 11.6 Å². The molecule has 0 atom stereocenters. The highest BCUT2D eigenvalue weighted by Crippen LogP contribution is 2.17. The molecule has 0 radical (unpaired) electrons. The van der Waals surface area contributed by atoms with Gasteiger partial charge in [0.2, 0.25) is 0 Å². The minimum atomic E-state index is 0.0912. The summed E-state index contributed by atoms with van der Waals surface area (Å²) in [4.78, 5) is 14.4. The molecule has 1 aliphatic rings. The third-order valence-corrected chi connectivity index (χ3v) is 2.50. The summed E-state index contributed by atoms with van der Waals surface area (Å²) in [6, 6.07) is 1.46. The molecule has 2 rings (SSSR count). The van der Waals surface area contributed by atoms with Crippen LogP contribution in [-0.4, -0.2) is 4.98 Å². The minimum absolute atomic E-state index is 0.0912. The van der Waals surface area contributed by atoms with Crippen LogP contribution in [-0.2, 0) is 12.8 Å². The summed E-state index contributed by atoms with van der Waals surface area (Å²) in [5.74, 6) is 0. The van der Waals surface area contributed by atoms with Gasteiger partial charge in [0.05, 0.1) is 0 Å². The molecule has 0 aliphatic heterocycles. The zero-order valence-corrected chi connectivity index (χ0v) is 7.45. The fourth-order valence-electron chi connectivity index (χ4n) is 1.70. The van der Waals surface area contributed by atoms with E-state index in [0.717, 1.165) is 36.9 Å². The van der Waals surface area contributed by atoms with E-state index in [-0.39, 0.29) is 5.43 Å². The minimum Gasteiger partial charge on any atom is -0.349 e. The Bertz CT molecular complexity index is 356. The van der Waals surface area contributed by atoms with Crippen LogP contribution >= 0.6 is 11.6 Å². The van der Waals surface area contributed by atoms with Crippen molar-refractivity contribution in [2.75, 3.05) is 0 Å². The highest BCUT2D eigenvalue weighted by Gasteiger charge is 2.12. The van der Waals surface area contributed by atoms with Gasteiger partial charge in [-0.3, -0.25) is 4.79 Å². The molecule has 1 aromatic rings. The topological polar surface area (TPSA) is 32.9 Å². The molecule has 1 heterocycles. The van der Waals surface area contributed by atoms with Gasteiger partial charge in [-0.25, -0.2) is 0 Å². The first-order valence-electron chi connectivity index (χ1n) is 4.18. The maximum absolute atomic E-state index is 11.4. The van der Waals surface area contributed by atoms with Gasteiger partial charge in [-0.05, 0) is 25.7 Å². The van der Waals surface area contributed by atoms with Crippen LogP contribution in [0.15, 0.2) is 10.9 Å². The number of aromatic nitrogens is 1. The highest BCUT2D eigenvalue weighted by molar-refractivity contribution is 6.29. The Labute approximate surface area is 75.6 Å². The third-order valence-electron chi connectivity index (χ3n) is 2.29. The quantitative estimate of drug-likeness (QED) is 0.613. The Hall–Kier alpha value is -0.760. The van der Waals surface area contributed by atoms with Gasteiger partial charge in [0.1, 0.15) is 5.15 Å². The molecule has 0 aromatic carbocycles. The fraction of sp³-hybridized carbons (Fsp3) is 0.444. The number of halogens is 1. The third kappa shape index (κ3) is 1.27. The molecule has 0 unspecified atom stereocenters. The zero-order valence-electron chi connectivity index (χ0n) is 6.69. The van der Waals surface area contributed by atoms with Crippen LogP contribution in [0.3, 0.4) is 0 Å². The van der Waals surface area contributed by atoms with E-state index in [1.54, 1.807) is 0 Å². The SMILES string of the molecule is O=c1cc(Cl)[nH]c2c1CCCC2. The largest absolute Gasteiger partial charge is 0.349 e. The molecule has 3 heteroatoms. The van der Waals surface area contributed by atoms with Gasteiger partial charge >= 0.3 is 0 Å². The van der Waals surface area contributed by atoms with Gasteiger partial charge in [0, 0.05) is 17.3 Å². The summed E-state index contributed by atoms with van der Waals surface area (Å²) in [5.41, 5.74) is 2.07. The molecular formula is C9H10ClNO. The molecule has 0 amide bonds. The van der Waals surface area contributed by atoms with E-state index in [1.165, 1.54) is 6.07 Å². The summed E-state index contributed by atoms with van der Waals surface area (Å²) < 4.78 is 0. The average molecular weight is 184 g/mol. The zero-order chi connectivity index (χ0) is 8.55. The Morgan fingerprint density at radius 3 is 2.92 bits per heavy atom. The molecule has 0 saturated heterocycles. The summed E-state index contributed by atoms with van der Waals surface area (Å²) in [7, 11) is 0. The van der Waals surface area contributed by atoms with E-state index in [9.17, 15) is 4.79 Å². The average Bonchev–Trinajstić information content (AvgIpc) is 2.04. The van der Waals surface area contributed by atoms with Gasteiger partial charge < -0.3 is 4.98 Å². The van der Waals surface area contributed by atoms with Crippen molar-refractivity contribution >= 4 is 11.6 Å². The number of hydrogen-bond acceptors (Lipinski definition) is 1. The van der Waals surface area contributed by atoms with Gasteiger partial charge in [-0.15, -0.1) is 0 Å². The lowest BCUT2D eigenvalue weighted by Gasteiger charge is -2.14. The van der Waals surface area contributed by atoms with Crippen molar-refractivity contribution < 1.29 is 0 Å². The molecule has 1 aliphatic carbocycles. The maximum atomic E-state index is 11.4. The fourth-order valence-corrected chi connectivity index (χ4v) is 1.91. The second-order valence-corrected chi connectivity index (χ2v) is 3.55. The molecule has 64 valence electrons. The van der Waals surface area contributed by atoms with Gasteiger partial charge in [0.15, 0.2) is 5.43 Å². The number of pyridine rings is 1. The summed E-state index contributed by atoms with van der Waals surface area (Å²) >= 11 is 5.73. The lowest BCUT2D eigenvalue weighted by atomic mass is 9.96. The van der Waals surface area contributed by atoms with Crippen LogP contribution in [0.25, 0.3) is 0 Å². The predicted molar refractivity (Wildman–Crippen MR) is 48.7 cm³/mol. The molecular weight excluding hydrogens is 174 g/mol. The van der Waals surface area contributed by atoms with Crippen molar-refractivity contribution in [3.8, 4) is 0 Å². The van der Waals surface area contributed by atoms with Crippen LogP contribution in [0.5, 0.6) is 0 Å². The number of aromatic amines is 1. The summed E-state index contributed by atoms with van der Waals surface area (Å²) in [6.07, 6.45) is 4.15. The molecule has 0 fully saturated rings. The Morgan fingerprint density at radius 2 is 2.08 bits per heavy atom. The van der Waals surface area contributed by atoms with Crippen molar-refractivity contribution in [1.29, 1.82) is 0 Å². The van der Waals surface area contributed by atoms with E-state index in [4.69, 9.17) is 11.6 Å². The number of nitrogens with one attached hydrogen (secondary N) is 1. The molecule has 2 nitrogen and oxygen atoms in total. The van der Waals surface area contributed by atoms with Crippen LogP contribution < -0.4 is 5.43 Å². The van der Waals surface area contributed by atoms with Crippen molar-refractivity contribution in [2.24, 2.45) is 0 Å². The monoisotopic (exact) mass is 183 g/mol. The normalized spacial score (nSPS) is 15.8. The van der Waals surface area contributed by atoms with Crippen molar-refractivity contribution in [1.82, 2.24) is 4.98 Å². The molecule has 0 saturated carbocycles. The Kier molecular flexibility index (Phi) is 1.93. The standard InChI is InChI=1S/C9H10ClNO/c10-9-5-8(12)6-3-1-2-4-7(6)11-9/h5H,1-4H2,(H,11,12). The van der Waals surface area contributed by atoms with Crippen LogP contribution in [0.1, 0.15) is 24.1 Å². The summed E-state index contributed by atoms with van der Waals surface area (Å²) in [6.45, 7) is 0. The van der Waals surface area contributed by atoms with Crippen molar-refractivity contribution in [3.05, 3.63) is 32.7 Å². The number of rotatable bonds is 0. The molecule has 0 spiro atoms. The lowest BCUT2D eigenvalue weighted by molar-refractivity contribution is 0.664. The first-order chi connectivity index (χ1) is 5.77. The Morgan fingerprint density at radius 1 is 1.33 bits per heavy atom. The smallest absolute Gasteiger partial charge is 0.186 e. The second-order valence-electron chi connectivity index (χ2n) is 3.15. The van der Waals surface area contributed by atoms with Gasteiger partial charge in [0.25, 0.3) is 0 Å². The number of hydrogen-bond donors (Lipinski definition) is 1. The maximum Gasteiger partial charge on any atom is 0.186 e. The van der Waals surface area contributed by atoms with Crippen LogP contribution in [0.4, 0.5) is 0 Å². The predicted octanol–water partition coefficient (Wildman–Crippen LogP) is 1.91. The molecule has 1 N–H and O–H groups in total. The van der Waals surface area contributed by atoms with E-state index >= 15 is 0 Å². The molecule has 1 aromatic heterocycles. The van der Waals surface area contributed by atoms with Crippen LogP contribution in [0.2, 0.25) is 5.15 Å². The lowest BCUT2D eigenvalue weighted by Crippen LogP contribution is -2.17. The van der Waals surface area contributed by atoms with E-state index in [2.05, 4.69) is 4.98 Å².